The summed E-state index contributed by atoms with van der Waals surface area (Å²) in [6.07, 6.45) is 1.48. The van der Waals surface area contributed by atoms with Crippen LogP contribution in [-0.4, -0.2) is 27.6 Å². The van der Waals surface area contributed by atoms with Crippen LogP contribution in [0.1, 0.15) is 10.5 Å². The number of aromatic nitrogens is 3. The Labute approximate surface area is 136 Å². The number of nitrogens with zero attached hydrogens (tertiary/aromatic N) is 3. The number of carbonyl (C=O) groups excluding carboxylic acids is 1. The monoisotopic (exact) mass is 329 g/mol. The van der Waals surface area contributed by atoms with Crippen LogP contribution in [0.25, 0.3) is 22.3 Å². The van der Waals surface area contributed by atoms with Gasteiger partial charge >= 0.3 is 5.97 Å². The summed E-state index contributed by atoms with van der Waals surface area (Å²) in [4.78, 5) is 32.4. The number of methoxy groups -OCH3 is 1. The summed E-state index contributed by atoms with van der Waals surface area (Å²) in [7, 11) is 2.92. The average molecular weight is 330 g/mol. The third-order valence-electron chi connectivity index (χ3n) is 3.46. The summed E-state index contributed by atoms with van der Waals surface area (Å²) < 4.78 is 6.04. The first-order valence-electron chi connectivity index (χ1n) is 6.72. The van der Waals surface area contributed by atoms with Crippen molar-refractivity contribution < 1.29 is 9.53 Å². The lowest BCUT2D eigenvalue weighted by Gasteiger charge is -2.09. The standard InChI is InChI=1S/C16H12ClN3O3/c1-20-14(9-3-6-12(18-8-9)16(22)23-2)19-13-7-10(17)4-5-11(13)15(20)21/h3-8H,1-2H3. The Bertz CT molecular complexity index is 965. The van der Waals surface area contributed by atoms with Crippen LogP contribution in [-0.2, 0) is 11.8 Å². The number of hydrogen-bond acceptors (Lipinski definition) is 5. The molecule has 0 unspecified atom stereocenters. The molecule has 2 heterocycles. The zero-order chi connectivity index (χ0) is 16.6. The van der Waals surface area contributed by atoms with Gasteiger partial charge in [-0.1, -0.05) is 11.6 Å². The van der Waals surface area contributed by atoms with Gasteiger partial charge in [0.05, 0.1) is 18.0 Å². The molecule has 0 aliphatic rings. The van der Waals surface area contributed by atoms with Crippen molar-refractivity contribution in [2.24, 2.45) is 7.05 Å². The highest BCUT2D eigenvalue weighted by atomic mass is 35.5. The van der Waals surface area contributed by atoms with Crippen LogP contribution in [0.3, 0.4) is 0 Å². The fourth-order valence-electron chi connectivity index (χ4n) is 2.25. The molecular formula is C16H12ClN3O3. The van der Waals surface area contributed by atoms with Crippen molar-refractivity contribution in [2.45, 2.75) is 0 Å². The Morgan fingerprint density at radius 1 is 1.26 bits per heavy atom. The zero-order valence-electron chi connectivity index (χ0n) is 12.4. The minimum atomic E-state index is -0.524. The fourth-order valence-corrected chi connectivity index (χ4v) is 2.42. The van der Waals surface area contributed by atoms with E-state index in [1.165, 1.54) is 23.9 Å². The van der Waals surface area contributed by atoms with Gasteiger partial charge in [0, 0.05) is 23.8 Å². The lowest BCUT2D eigenvalue weighted by atomic mass is 10.2. The van der Waals surface area contributed by atoms with Gasteiger partial charge < -0.3 is 4.74 Å². The van der Waals surface area contributed by atoms with Crippen LogP contribution in [0.4, 0.5) is 0 Å². The van der Waals surface area contributed by atoms with E-state index in [9.17, 15) is 9.59 Å². The van der Waals surface area contributed by atoms with E-state index in [0.29, 0.717) is 27.3 Å². The van der Waals surface area contributed by atoms with Crippen molar-refractivity contribution in [2.75, 3.05) is 7.11 Å². The number of fused-ring (bicyclic) bond motifs is 1. The van der Waals surface area contributed by atoms with Crippen LogP contribution in [0.15, 0.2) is 41.3 Å². The second-order valence-corrected chi connectivity index (χ2v) is 5.32. The molecule has 23 heavy (non-hydrogen) atoms. The van der Waals surface area contributed by atoms with Gasteiger partial charge in [-0.05, 0) is 30.3 Å². The predicted octanol–water partition coefficient (Wildman–Crippen LogP) is 2.44. The molecule has 3 aromatic rings. The van der Waals surface area contributed by atoms with Crippen LogP contribution in [0.2, 0.25) is 5.02 Å². The molecule has 3 rings (SSSR count). The summed E-state index contributed by atoms with van der Waals surface area (Å²) in [5.41, 5.74) is 1.12. The number of carbonyl (C=O) groups is 1. The molecule has 0 fully saturated rings. The van der Waals surface area contributed by atoms with E-state index in [1.54, 1.807) is 31.3 Å². The van der Waals surface area contributed by atoms with Crippen LogP contribution in [0.5, 0.6) is 0 Å². The van der Waals surface area contributed by atoms with Crippen molar-refractivity contribution >= 4 is 28.5 Å². The summed E-state index contributed by atoms with van der Waals surface area (Å²) in [6.45, 7) is 0. The van der Waals surface area contributed by atoms with Crippen LogP contribution < -0.4 is 5.56 Å². The molecule has 6 nitrogen and oxygen atoms in total. The van der Waals surface area contributed by atoms with Gasteiger partial charge in [-0.3, -0.25) is 9.36 Å². The molecule has 2 aromatic heterocycles. The van der Waals surface area contributed by atoms with Gasteiger partial charge in [0.1, 0.15) is 11.5 Å². The molecule has 0 saturated heterocycles. The normalized spacial score (nSPS) is 10.7. The predicted molar refractivity (Wildman–Crippen MR) is 86.6 cm³/mol. The number of halogens is 1. The first kappa shape index (κ1) is 15.2. The van der Waals surface area contributed by atoms with Gasteiger partial charge in [0.2, 0.25) is 0 Å². The van der Waals surface area contributed by atoms with Crippen molar-refractivity contribution in [1.82, 2.24) is 14.5 Å². The average Bonchev–Trinajstić information content (AvgIpc) is 2.57. The second kappa shape index (κ2) is 5.81. The summed E-state index contributed by atoms with van der Waals surface area (Å²) >= 11 is 5.97. The molecule has 0 aliphatic heterocycles. The number of pyridine rings is 1. The zero-order valence-corrected chi connectivity index (χ0v) is 13.2. The molecule has 0 spiro atoms. The Kier molecular flexibility index (Phi) is 3.83. The second-order valence-electron chi connectivity index (χ2n) is 4.88. The Balaban J connectivity index is 2.18. The number of ether oxygens (including phenoxy) is 1. The first-order valence-corrected chi connectivity index (χ1v) is 7.10. The largest absolute Gasteiger partial charge is 0.464 e. The quantitative estimate of drug-likeness (QED) is 0.675. The maximum Gasteiger partial charge on any atom is 0.356 e. The van der Waals surface area contributed by atoms with Gasteiger partial charge in [-0.2, -0.15) is 0 Å². The molecule has 0 radical (unpaired) electrons. The lowest BCUT2D eigenvalue weighted by molar-refractivity contribution is 0.0594. The van der Waals surface area contributed by atoms with Gasteiger partial charge in [-0.25, -0.2) is 14.8 Å². The Morgan fingerprint density at radius 2 is 2.04 bits per heavy atom. The van der Waals surface area contributed by atoms with Crippen LogP contribution in [0, 0.1) is 0 Å². The molecule has 7 heteroatoms. The summed E-state index contributed by atoms with van der Waals surface area (Å²) in [5, 5.41) is 0.989. The Morgan fingerprint density at radius 3 is 2.70 bits per heavy atom. The highest BCUT2D eigenvalue weighted by Crippen LogP contribution is 2.20. The summed E-state index contributed by atoms with van der Waals surface area (Å²) in [5.74, 6) is -0.0858. The third-order valence-corrected chi connectivity index (χ3v) is 3.69. The van der Waals surface area contributed by atoms with E-state index in [0.717, 1.165) is 0 Å². The third kappa shape index (κ3) is 2.68. The number of benzene rings is 1. The molecule has 0 saturated carbocycles. The minimum absolute atomic E-state index is 0.182. The van der Waals surface area contributed by atoms with Crippen molar-refractivity contribution in [3.63, 3.8) is 0 Å². The SMILES string of the molecule is COC(=O)c1ccc(-c2nc3cc(Cl)ccc3c(=O)n2C)cn1. The molecule has 0 amide bonds. The van der Waals surface area contributed by atoms with Gasteiger partial charge in [0.15, 0.2) is 0 Å². The van der Waals surface area contributed by atoms with Crippen molar-refractivity contribution in [3.05, 3.63) is 57.6 Å². The molecular weight excluding hydrogens is 318 g/mol. The highest BCUT2D eigenvalue weighted by molar-refractivity contribution is 6.31. The lowest BCUT2D eigenvalue weighted by Crippen LogP contribution is -2.20. The van der Waals surface area contributed by atoms with E-state index in [-0.39, 0.29) is 11.3 Å². The smallest absolute Gasteiger partial charge is 0.356 e. The van der Waals surface area contributed by atoms with E-state index in [1.807, 2.05) is 0 Å². The van der Waals surface area contributed by atoms with E-state index >= 15 is 0 Å². The summed E-state index contributed by atoms with van der Waals surface area (Å²) in [6, 6.07) is 8.12. The highest BCUT2D eigenvalue weighted by Gasteiger charge is 2.12. The molecule has 116 valence electrons. The molecule has 0 bridgehead atoms. The maximum absolute atomic E-state index is 12.4. The van der Waals surface area contributed by atoms with Crippen molar-refractivity contribution in [3.8, 4) is 11.4 Å². The van der Waals surface area contributed by atoms with Crippen LogP contribution >= 0.6 is 11.6 Å². The maximum atomic E-state index is 12.4. The topological polar surface area (TPSA) is 74.1 Å². The molecule has 0 atom stereocenters. The van der Waals surface area contributed by atoms with Gasteiger partial charge in [0.25, 0.3) is 5.56 Å². The molecule has 0 aliphatic carbocycles. The van der Waals surface area contributed by atoms with Gasteiger partial charge in [-0.15, -0.1) is 0 Å². The Hall–Kier alpha value is -2.73. The fraction of sp³-hybridized carbons (Fsp3) is 0.125. The first-order chi connectivity index (χ1) is 11.0. The molecule has 0 N–H and O–H groups in total. The van der Waals surface area contributed by atoms with E-state index < -0.39 is 5.97 Å². The number of hydrogen-bond donors (Lipinski definition) is 0. The van der Waals surface area contributed by atoms with Crippen molar-refractivity contribution in [1.29, 1.82) is 0 Å². The minimum Gasteiger partial charge on any atom is -0.464 e. The van der Waals surface area contributed by atoms with E-state index in [2.05, 4.69) is 14.7 Å². The van der Waals surface area contributed by atoms with E-state index in [4.69, 9.17) is 11.6 Å². The number of esters is 1. The number of rotatable bonds is 2. The molecule has 1 aromatic carbocycles.